The van der Waals surface area contributed by atoms with E-state index < -0.39 is 34.5 Å². The first-order valence-electron chi connectivity index (χ1n) is 8.54. The maximum atomic E-state index is 12.1. The van der Waals surface area contributed by atoms with Gasteiger partial charge in [0, 0.05) is 12.1 Å². The maximum absolute atomic E-state index is 12.1. The lowest BCUT2D eigenvalue weighted by atomic mass is 10.2. The molecule has 2 aromatic carbocycles. The van der Waals surface area contributed by atoms with E-state index in [0.717, 1.165) is 5.56 Å². The average Bonchev–Trinajstić information content (AvgIpc) is 2.95. The smallest absolute Gasteiger partial charge is 0.331 e. The fraction of sp³-hybridized carbons (Fsp3) is 0.211. The lowest BCUT2D eigenvalue weighted by Crippen LogP contribution is -2.31. The zero-order valence-corrected chi connectivity index (χ0v) is 15.9. The molecule has 1 heterocycles. The molecule has 8 nitrogen and oxygen atoms in total. The van der Waals surface area contributed by atoms with E-state index in [0.29, 0.717) is 12.1 Å². The fourth-order valence-corrected chi connectivity index (χ4v) is 3.82. The number of carbonyl (C=O) groups is 2. The number of sulfonamides is 1. The van der Waals surface area contributed by atoms with Gasteiger partial charge in [0.25, 0.3) is 15.9 Å². The maximum Gasteiger partial charge on any atom is 0.331 e. The number of fused-ring (bicyclic) bond motifs is 1. The molecule has 0 unspecified atom stereocenters. The van der Waals surface area contributed by atoms with Gasteiger partial charge >= 0.3 is 5.97 Å². The summed E-state index contributed by atoms with van der Waals surface area (Å²) in [6.45, 7) is 1.35. The number of rotatable bonds is 6. The van der Waals surface area contributed by atoms with E-state index in [1.807, 2.05) is 30.3 Å². The lowest BCUT2D eigenvalue weighted by Gasteiger charge is -2.09. The predicted octanol–water partition coefficient (Wildman–Crippen LogP) is 0.973. The van der Waals surface area contributed by atoms with Crippen molar-refractivity contribution < 1.29 is 22.7 Å². The third-order valence-electron chi connectivity index (χ3n) is 4.00. The van der Waals surface area contributed by atoms with Crippen LogP contribution in [0.4, 0.5) is 0 Å². The molecular formula is C19H19N3O5S. The molecule has 0 saturated heterocycles. The average molecular weight is 401 g/mol. The van der Waals surface area contributed by atoms with Crippen LogP contribution in [0.15, 0.2) is 64.5 Å². The summed E-state index contributed by atoms with van der Waals surface area (Å²) in [5, 5.41) is 2.65. The van der Waals surface area contributed by atoms with Crippen molar-refractivity contribution in [3.8, 4) is 0 Å². The minimum absolute atomic E-state index is 0.0774. The van der Waals surface area contributed by atoms with Gasteiger partial charge in [0.15, 0.2) is 6.61 Å². The minimum Gasteiger partial charge on any atom is -0.454 e. The molecule has 1 aliphatic rings. The van der Waals surface area contributed by atoms with Gasteiger partial charge < -0.3 is 10.1 Å². The number of amides is 1. The van der Waals surface area contributed by atoms with Crippen molar-refractivity contribution in [1.82, 2.24) is 10.0 Å². The molecular weight excluding hydrogens is 382 g/mol. The van der Waals surface area contributed by atoms with Crippen molar-refractivity contribution in [2.24, 2.45) is 4.99 Å². The van der Waals surface area contributed by atoms with Gasteiger partial charge in [-0.3, -0.25) is 14.5 Å². The van der Waals surface area contributed by atoms with Crippen LogP contribution in [-0.2, 0) is 30.9 Å². The Morgan fingerprint density at radius 3 is 2.54 bits per heavy atom. The molecule has 0 bridgehead atoms. The highest BCUT2D eigenvalue weighted by Gasteiger charge is 2.31. The van der Waals surface area contributed by atoms with E-state index in [2.05, 4.69) is 15.0 Å². The molecule has 1 aliphatic heterocycles. The summed E-state index contributed by atoms with van der Waals surface area (Å²) >= 11 is 0. The monoisotopic (exact) mass is 401 g/mol. The first-order valence-corrected chi connectivity index (χ1v) is 10.0. The standard InChI is InChI=1S/C19H19N3O5S/c1-13(21-18-15-9-5-6-10-16(15)28(25,26)22-18)19(24)27-12-17(23)20-11-14-7-3-2-4-8-14/h2-10,13H,11-12H2,1H3,(H,20,23)(H,21,22)/t13-/m1/s1. The Bertz CT molecular complexity index is 1020. The summed E-state index contributed by atoms with van der Waals surface area (Å²) in [7, 11) is -3.68. The first-order chi connectivity index (χ1) is 13.4. The first kappa shape index (κ1) is 19.6. The normalized spacial score (nSPS) is 16.7. The van der Waals surface area contributed by atoms with Crippen molar-refractivity contribution in [3.63, 3.8) is 0 Å². The van der Waals surface area contributed by atoms with Crippen LogP contribution >= 0.6 is 0 Å². The number of hydrogen-bond donors (Lipinski definition) is 2. The molecule has 3 rings (SSSR count). The number of benzene rings is 2. The number of nitrogens with zero attached hydrogens (tertiary/aromatic N) is 1. The summed E-state index contributed by atoms with van der Waals surface area (Å²) in [6.07, 6.45) is 0. The second-order valence-electron chi connectivity index (χ2n) is 6.13. The van der Waals surface area contributed by atoms with Crippen LogP contribution in [0.25, 0.3) is 0 Å². The van der Waals surface area contributed by atoms with Crippen molar-refractivity contribution in [3.05, 3.63) is 65.7 Å². The summed E-state index contributed by atoms with van der Waals surface area (Å²) < 4.78 is 31.4. The van der Waals surface area contributed by atoms with Crippen molar-refractivity contribution in [2.45, 2.75) is 24.4 Å². The molecule has 0 fully saturated rings. The van der Waals surface area contributed by atoms with Gasteiger partial charge in [-0.1, -0.05) is 42.5 Å². The van der Waals surface area contributed by atoms with Crippen molar-refractivity contribution >= 4 is 27.7 Å². The van der Waals surface area contributed by atoms with Gasteiger partial charge in [0.05, 0.1) is 4.90 Å². The predicted molar refractivity (Wildman–Crippen MR) is 102 cm³/mol. The number of aliphatic imine (C=N–C) groups is 1. The van der Waals surface area contributed by atoms with Crippen molar-refractivity contribution in [1.29, 1.82) is 0 Å². The van der Waals surface area contributed by atoms with Crippen LogP contribution in [-0.4, -0.2) is 38.8 Å². The van der Waals surface area contributed by atoms with Gasteiger partial charge in [-0.05, 0) is 24.6 Å². The molecule has 0 saturated carbocycles. The van der Waals surface area contributed by atoms with Crippen LogP contribution in [0.1, 0.15) is 18.1 Å². The van der Waals surface area contributed by atoms with E-state index >= 15 is 0 Å². The number of hydrogen-bond acceptors (Lipinski definition) is 6. The largest absolute Gasteiger partial charge is 0.454 e. The van der Waals surface area contributed by atoms with Crippen LogP contribution < -0.4 is 10.0 Å². The molecule has 0 aromatic heterocycles. The number of esters is 1. The SMILES string of the molecule is C[C@@H](N=C1NS(=O)(=O)c2ccccc21)C(=O)OCC(=O)NCc1ccccc1. The number of amidine groups is 1. The molecule has 146 valence electrons. The molecule has 1 atom stereocenters. The highest BCUT2D eigenvalue weighted by atomic mass is 32.2. The Balaban J connectivity index is 1.55. The molecule has 1 amide bonds. The molecule has 28 heavy (non-hydrogen) atoms. The number of carbonyl (C=O) groups excluding carboxylic acids is 2. The Hall–Kier alpha value is -3.20. The van der Waals surface area contributed by atoms with Crippen LogP contribution in [0.2, 0.25) is 0 Å². The Morgan fingerprint density at radius 2 is 1.79 bits per heavy atom. The highest BCUT2D eigenvalue weighted by Crippen LogP contribution is 2.22. The van der Waals surface area contributed by atoms with Crippen LogP contribution in [0.5, 0.6) is 0 Å². The fourth-order valence-electron chi connectivity index (χ4n) is 2.58. The van der Waals surface area contributed by atoms with E-state index in [4.69, 9.17) is 4.74 Å². The summed E-state index contributed by atoms with van der Waals surface area (Å²) in [5.74, 6) is -1.09. The zero-order valence-electron chi connectivity index (χ0n) is 15.1. The molecule has 0 aliphatic carbocycles. The lowest BCUT2D eigenvalue weighted by molar-refractivity contribution is -0.149. The number of nitrogens with one attached hydrogen (secondary N) is 2. The van der Waals surface area contributed by atoms with E-state index in [-0.39, 0.29) is 10.7 Å². The highest BCUT2D eigenvalue weighted by molar-refractivity contribution is 7.90. The molecule has 2 aromatic rings. The zero-order chi connectivity index (χ0) is 20.1. The molecule has 0 spiro atoms. The Kier molecular flexibility index (Phi) is 5.74. The topological polar surface area (TPSA) is 114 Å². The summed E-state index contributed by atoms with van der Waals surface area (Å²) in [5.41, 5.74) is 1.32. The minimum atomic E-state index is -3.68. The third kappa shape index (κ3) is 4.55. The van der Waals surface area contributed by atoms with Gasteiger partial charge in [-0.15, -0.1) is 0 Å². The summed E-state index contributed by atoms with van der Waals surface area (Å²) in [6, 6.07) is 14.7. The summed E-state index contributed by atoms with van der Waals surface area (Å²) in [4.78, 5) is 28.1. The van der Waals surface area contributed by atoms with E-state index in [1.165, 1.54) is 13.0 Å². The van der Waals surface area contributed by atoms with Gasteiger partial charge in [0.1, 0.15) is 11.9 Å². The molecule has 9 heteroatoms. The molecule has 2 N–H and O–H groups in total. The molecule has 0 radical (unpaired) electrons. The van der Waals surface area contributed by atoms with E-state index in [1.54, 1.807) is 18.2 Å². The van der Waals surface area contributed by atoms with Crippen LogP contribution in [0, 0.1) is 0 Å². The van der Waals surface area contributed by atoms with Crippen LogP contribution in [0.3, 0.4) is 0 Å². The Labute approximate surface area is 162 Å². The third-order valence-corrected chi connectivity index (χ3v) is 5.40. The van der Waals surface area contributed by atoms with Gasteiger partial charge in [-0.25, -0.2) is 13.2 Å². The second kappa shape index (κ2) is 8.22. The number of ether oxygens (including phenoxy) is 1. The Morgan fingerprint density at radius 1 is 1.11 bits per heavy atom. The van der Waals surface area contributed by atoms with E-state index in [9.17, 15) is 18.0 Å². The second-order valence-corrected chi connectivity index (χ2v) is 7.78. The van der Waals surface area contributed by atoms with Gasteiger partial charge in [0.2, 0.25) is 0 Å². The van der Waals surface area contributed by atoms with Gasteiger partial charge in [-0.2, -0.15) is 0 Å². The van der Waals surface area contributed by atoms with Crippen molar-refractivity contribution in [2.75, 3.05) is 6.61 Å². The quantitative estimate of drug-likeness (QED) is 0.700.